The van der Waals surface area contributed by atoms with Crippen molar-refractivity contribution in [3.8, 4) is 0 Å². The minimum atomic E-state index is -0.0167. The third kappa shape index (κ3) is 3.21. The smallest absolute Gasteiger partial charge is 0.272 e. The van der Waals surface area contributed by atoms with Crippen LogP contribution in [0.3, 0.4) is 0 Å². The standard InChI is InChI=1S/C15H15BrN4O/c16-13-5-3-4-12(18-13)15(21)20-10-8-19(9-11-20)14-6-1-2-7-17-14/h1-7H,8-11H2. The maximum atomic E-state index is 12.4. The molecule has 1 fully saturated rings. The Hall–Kier alpha value is -1.95. The Kier molecular flexibility index (Phi) is 4.15. The van der Waals surface area contributed by atoms with Gasteiger partial charge < -0.3 is 9.80 Å². The lowest BCUT2D eigenvalue weighted by Gasteiger charge is -2.35. The van der Waals surface area contributed by atoms with Crippen LogP contribution in [-0.2, 0) is 0 Å². The van der Waals surface area contributed by atoms with Gasteiger partial charge >= 0.3 is 0 Å². The second-order valence-corrected chi connectivity index (χ2v) is 5.63. The fourth-order valence-electron chi connectivity index (χ4n) is 2.37. The minimum absolute atomic E-state index is 0.0167. The van der Waals surface area contributed by atoms with E-state index < -0.39 is 0 Å². The Labute approximate surface area is 131 Å². The molecule has 0 N–H and O–H groups in total. The molecular formula is C15H15BrN4O. The first-order chi connectivity index (χ1) is 10.2. The molecule has 2 aromatic rings. The van der Waals surface area contributed by atoms with Crippen LogP contribution >= 0.6 is 15.9 Å². The number of carbonyl (C=O) groups excluding carboxylic acids is 1. The van der Waals surface area contributed by atoms with Crippen molar-refractivity contribution in [3.63, 3.8) is 0 Å². The summed E-state index contributed by atoms with van der Waals surface area (Å²) in [6.45, 7) is 2.95. The predicted molar refractivity (Wildman–Crippen MR) is 84.3 cm³/mol. The predicted octanol–water partition coefficient (Wildman–Crippen LogP) is 2.20. The Morgan fingerprint density at radius 3 is 2.52 bits per heavy atom. The first-order valence-electron chi connectivity index (χ1n) is 6.82. The molecule has 108 valence electrons. The maximum Gasteiger partial charge on any atom is 0.272 e. The number of anilines is 1. The van der Waals surface area contributed by atoms with Gasteiger partial charge in [0.15, 0.2) is 0 Å². The molecular weight excluding hydrogens is 332 g/mol. The van der Waals surface area contributed by atoms with E-state index in [9.17, 15) is 4.79 Å². The Bertz CT molecular complexity index is 627. The zero-order valence-corrected chi connectivity index (χ0v) is 13.0. The van der Waals surface area contributed by atoms with Crippen LogP contribution in [-0.4, -0.2) is 47.0 Å². The highest BCUT2D eigenvalue weighted by molar-refractivity contribution is 9.10. The van der Waals surface area contributed by atoms with E-state index in [1.807, 2.05) is 35.2 Å². The lowest BCUT2D eigenvalue weighted by Crippen LogP contribution is -2.49. The van der Waals surface area contributed by atoms with Crippen LogP contribution < -0.4 is 4.90 Å². The average molecular weight is 347 g/mol. The number of pyridine rings is 2. The molecule has 0 aromatic carbocycles. The van der Waals surface area contributed by atoms with E-state index in [1.54, 1.807) is 12.3 Å². The Balaban J connectivity index is 1.64. The molecule has 3 rings (SSSR count). The third-order valence-electron chi connectivity index (χ3n) is 3.47. The van der Waals surface area contributed by atoms with Crippen LogP contribution in [0, 0.1) is 0 Å². The van der Waals surface area contributed by atoms with Gasteiger partial charge in [-0.05, 0) is 40.2 Å². The second kappa shape index (κ2) is 6.22. The average Bonchev–Trinajstić information content (AvgIpc) is 2.55. The zero-order chi connectivity index (χ0) is 14.7. The van der Waals surface area contributed by atoms with E-state index in [1.165, 1.54) is 0 Å². The topological polar surface area (TPSA) is 49.3 Å². The van der Waals surface area contributed by atoms with E-state index in [0.717, 1.165) is 18.9 Å². The van der Waals surface area contributed by atoms with Gasteiger partial charge in [-0.25, -0.2) is 9.97 Å². The van der Waals surface area contributed by atoms with E-state index in [-0.39, 0.29) is 5.91 Å². The normalized spacial score (nSPS) is 15.1. The van der Waals surface area contributed by atoms with Crippen molar-refractivity contribution >= 4 is 27.7 Å². The number of piperazine rings is 1. The number of amides is 1. The molecule has 21 heavy (non-hydrogen) atoms. The summed E-state index contributed by atoms with van der Waals surface area (Å²) in [5.74, 6) is 0.946. The quantitative estimate of drug-likeness (QED) is 0.782. The molecule has 0 radical (unpaired) electrons. The zero-order valence-electron chi connectivity index (χ0n) is 11.4. The van der Waals surface area contributed by atoms with Crippen molar-refractivity contribution in [3.05, 3.63) is 52.9 Å². The molecule has 0 unspecified atom stereocenters. The number of hydrogen-bond donors (Lipinski definition) is 0. The van der Waals surface area contributed by atoms with Crippen LogP contribution in [0.4, 0.5) is 5.82 Å². The van der Waals surface area contributed by atoms with Gasteiger partial charge in [-0.3, -0.25) is 4.79 Å². The highest BCUT2D eigenvalue weighted by atomic mass is 79.9. The summed E-state index contributed by atoms with van der Waals surface area (Å²) in [5.41, 5.74) is 0.482. The van der Waals surface area contributed by atoms with E-state index in [0.29, 0.717) is 23.4 Å². The molecule has 1 amide bonds. The maximum absolute atomic E-state index is 12.4. The monoisotopic (exact) mass is 346 g/mol. The van der Waals surface area contributed by atoms with Gasteiger partial charge in [0.2, 0.25) is 0 Å². The van der Waals surface area contributed by atoms with Crippen LogP contribution in [0.25, 0.3) is 0 Å². The van der Waals surface area contributed by atoms with E-state index >= 15 is 0 Å². The van der Waals surface area contributed by atoms with E-state index in [4.69, 9.17) is 0 Å². The molecule has 6 heteroatoms. The lowest BCUT2D eigenvalue weighted by atomic mass is 10.2. The molecule has 2 aromatic heterocycles. The van der Waals surface area contributed by atoms with Crippen molar-refractivity contribution in [2.45, 2.75) is 0 Å². The Morgan fingerprint density at radius 2 is 1.86 bits per heavy atom. The van der Waals surface area contributed by atoms with Gasteiger partial charge in [-0.2, -0.15) is 0 Å². The number of nitrogens with zero attached hydrogens (tertiary/aromatic N) is 4. The van der Waals surface area contributed by atoms with Crippen LogP contribution in [0.1, 0.15) is 10.5 Å². The number of carbonyl (C=O) groups is 1. The Morgan fingerprint density at radius 1 is 1.05 bits per heavy atom. The molecule has 0 aliphatic carbocycles. The van der Waals surface area contributed by atoms with Crippen LogP contribution in [0.2, 0.25) is 0 Å². The van der Waals surface area contributed by atoms with Gasteiger partial charge in [0.05, 0.1) is 0 Å². The van der Waals surface area contributed by atoms with Crippen molar-refractivity contribution in [2.24, 2.45) is 0 Å². The van der Waals surface area contributed by atoms with E-state index in [2.05, 4.69) is 30.8 Å². The summed E-state index contributed by atoms with van der Waals surface area (Å²) >= 11 is 3.30. The van der Waals surface area contributed by atoms with Crippen LogP contribution in [0.15, 0.2) is 47.2 Å². The fraction of sp³-hybridized carbons (Fsp3) is 0.267. The molecule has 3 heterocycles. The molecule has 0 atom stereocenters. The van der Waals surface area contributed by atoms with Crippen molar-refractivity contribution < 1.29 is 4.79 Å². The van der Waals surface area contributed by atoms with Gasteiger partial charge in [0.25, 0.3) is 5.91 Å². The van der Waals surface area contributed by atoms with Crippen LogP contribution in [0.5, 0.6) is 0 Å². The first-order valence-corrected chi connectivity index (χ1v) is 7.61. The molecule has 0 saturated carbocycles. The third-order valence-corrected chi connectivity index (χ3v) is 3.92. The van der Waals surface area contributed by atoms with Gasteiger partial charge in [0.1, 0.15) is 16.1 Å². The summed E-state index contributed by atoms with van der Waals surface area (Å²) < 4.78 is 0.681. The number of hydrogen-bond acceptors (Lipinski definition) is 4. The summed E-state index contributed by atoms with van der Waals surface area (Å²) in [4.78, 5) is 25.0. The molecule has 1 aliphatic rings. The summed E-state index contributed by atoms with van der Waals surface area (Å²) in [6.07, 6.45) is 1.79. The SMILES string of the molecule is O=C(c1cccc(Br)n1)N1CCN(c2ccccn2)CC1. The summed E-state index contributed by atoms with van der Waals surface area (Å²) in [7, 11) is 0. The highest BCUT2D eigenvalue weighted by Crippen LogP contribution is 2.14. The van der Waals surface area contributed by atoms with Gasteiger partial charge in [0, 0.05) is 32.4 Å². The lowest BCUT2D eigenvalue weighted by molar-refractivity contribution is 0.0740. The number of halogens is 1. The summed E-state index contributed by atoms with van der Waals surface area (Å²) in [5, 5.41) is 0. The summed E-state index contributed by atoms with van der Waals surface area (Å²) in [6, 6.07) is 11.3. The molecule has 0 bridgehead atoms. The van der Waals surface area contributed by atoms with Gasteiger partial charge in [-0.15, -0.1) is 0 Å². The number of rotatable bonds is 2. The van der Waals surface area contributed by atoms with Crippen molar-refractivity contribution in [2.75, 3.05) is 31.1 Å². The largest absolute Gasteiger partial charge is 0.353 e. The van der Waals surface area contributed by atoms with Crippen molar-refractivity contribution in [1.82, 2.24) is 14.9 Å². The molecule has 5 nitrogen and oxygen atoms in total. The number of aromatic nitrogens is 2. The highest BCUT2D eigenvalue weighted by Gasteiger charge is 2.23. The fourth-order valence-corrected chi connectivity index (χ4v) is 2.71. The van der Waals surface area contributed by atoms with Gasteiger partial charge in [-0.1, -0.05) is 12.1 Å². The molecule has 1 aliphatic heterocycles. The molecule has 1 saturated heterocycles. The first kappa shape index (κ1) is 14.0. The minimum Gasteiger partial charge on any atom is -0.353 e. The second-order valence-electron chi connectivity index (χ2n) is 4.81. The van der Waals surface area contributed by atoms with Crippen molar-refractivity contribution in [1.29, 1.82) is 0 Å². The molecule has 0 spiro atoms.